The van der Waals surface area contributed by atoms with Gasteiger partial charge in [0.05, 0.1) is 12.4 Å². The van der Waals surface area contributed by atoms with Crippen LogP contribution < -0.4 is 4.74 Å². The lowest BCUT2D eigenvalue weighted by atomic mass is 10.4. The van der Waals surface area contributed by atoms with E-state index in [1.54, 1.807) is 0 Å². The number of alkyl halides is 4. The molecule has 0 atom stereocenters. The third-order valence-electron chi connectivity index (χ3n) is 1.65. The summed E-state index contributed by atoms with van der Waals surface area (Å²) < 4.78 is 53.0. The van der Waals surface area contributed by atoms with E-state index in [9.17, 15) is 17.6 Å². The number of oxime groups is 1. The molecule has 0 amide bonds. The summed E-state index contributed by atoms with van der Waals surface area (Å²) >= 11 is 5.35. The van der Waals surface area contributed by atoms with Crippen LogP contribution in [0.5, 0.6) is 5.75 Å². The van der Waals surface area contributed by atoms with Crippen molar-refractivity contribution in [3.63, 3.8) is 0 Å². The van der Waals surface area contributed by atoms with Crippen molar-refractivity contribution in [2.45, 2.75) is 12.3 Å². The maximum atomic E-state index is 12.5. The van der Waals surface area contributed by atoms with Crippen LogP contribution in [0.1, 0.15) is 5.82 Å². The summed E-state index contributed by atoms with van der Waals surface area (Å²) in [5.41, 5.74) is 0. The number of halogens is 5. The SMILES string of the molecule is ON=C(Cl)c1ncc(OCC(F)(F)C(F)F)cn1. The lowest BCUT2D eigenvalue weighted by Gasteiger charge is -2.15. The molecule has 5 nitrogen and oxygen atoms in total. The van der Waals surface area contributed by atoms with Gasteiger partial charge in [-0.2, -0.15) is 8.78 Å². The molecule has 0 spiro atoms. The van der Waals surface area contributed by atoms with Crippen molar-refractivity contribution in [2.75, 3.05) is 6.61 Å². The molecule has 0 radical (unpaired) electrons. The number of aromatic nitrogens is 2. The van der Waals surface area contributed by atoms with Crippen LogP contribution in [0.3, 0.4) is 0 Å². The van der Waals surface area contributed by atoms with Gasteiger partial charge < -0.3 is 9.94 Å². The van der Waals surface area contributed by atoms with Crippen LogP contribution in [0.4, 0.5) is 17.6 Å². The molecule has 0 unspecified atom stereocenters. The first-order chi connectivity index (χ1) is 8.36. The van der Waals surface area contributed by atoms with Gasteiger partial charge in [0.15, 0.2) is 18.2 Å². The van der Waals surface area contributed by atoms with Crippen LogP contribution in [0.15, 0.2) is 17.5 Å². The van der Waals surface area contributed by atoms with Gasteiger partial charge >= 0.3 is 12.3 Å². The quantitative estimate of drug-likeness (QED) is 0.390. The number of hydrogen-bond acceptors (Lipinski definition) is 5. The van der Waals surface area contributed by atoms with E-state index in [0.29, 0.717) is 0 Å². The summed E-state index contributed by atoms with van der Waals surface area (Å²) in [6.45, 7) is -1.50. The first-order valence-corrected chi connectivity index (χ1v) is 4.73. The van der Waals surface area contributed by atoms with Crippen LogP contribution in [0, 0.1) is 0 Å². The number of rotatable bonds is 5. The van der Waals surface area contributed by atoms with Gasteiger partial charge in [-0.25, -0.2) is 18.7 Å². The Labute approximate surface area is 103 Å². The van der Waals surface area contributed by atoms with Gasteiger partial charge in [0, 0.05) is 0 Å². The van der Waals surface area contributed by atoms with Crippen LogP contribution in [-0.2, 0) is 0 Å². The van der Waals surface area contributed by atoms with E-state index < -0.39 is 24.1 Å². The van der Waals surface area contributed by atoms with E-state index in [1.165, 1.54) is 0 Å². The summed E-state index contributed by atoms with van der Waals surface area (Å²) in [4.78, 5) is 7.01. The molecule has 1 heterocycles. The van der Waals surface area contributed by atoms with Crippen LogP contribution >= 0.6 is 11.6 Å². The average Bonchev–Trinajstić information content (AvgIpc) is 2.36. The molecular formula is C8H6ClF4N3O2. The summed E-state index contributed by atoms with van der Waals surface area (Å²) in [6.07, 6.45) is -1.97. The first-order valence-electron chi connectivity index (χ1n) is 4.35. The van der Waals surface area contributed by atoms with Gasteiger partial charge in [-0.15, -0.1) is 0 Å². The van der Waals surface area contributed by atoms with Crippen molar-refractivity contribution in [2.24, 2.45) is 5.16 Å². The summed E-state index contributed by atoms with van der Waals surface area (Å²) in [5.74, 6) is -4.68. The molecule has 0 fully saturated rings. The summed E-state index contributed by atoms with van der Waals surface area (Å²) in [5, 5.41) is 10.5. The van der Waals surface area contributed by atoms with E-state index in [0.717, 1.165) is 12.4 Å². The summed E-state index contributed by atoms with van der Waals surface area (Å²) in [7, 11) is 0. The van der Waals surface area contributed by atoms with Crippen molar-refractivity contribution >= 4 is 16.8 Å². The molecule has 0 aliphatic heterocycles. The third-order valence-corrected chi connectivity index (χ3v) is 1.90. The monoisotopic (exact) mass is 287 g/mol. The zero-order valence-corrected chi connectivity index (χ0v) is 9.28. The molecule has 0 saturated carbocycles. The van der Waals surface area contributed by atoms with Gasteiger partial charge in [-0.05, 0) is 0 Å². The van der Waals surface area contributed by atoms with Crippen LogP contribution in [-0.4, -0.2) is 39.3 Å². The molecule has 1 N–H and O–H groups in total. The number of hydrogen-bond donors (Lipinski definition) is 1. The predicted octanol–water partition coefficient (Wildman–Crippen LogP) is 2.13. The van der Waals surface area contributed by atoms with E-state index in [2.05, 4.69) is 19.9 Å². The highest BCUT2D eigenvalue weighted by atomic mass is 35.5. The maximum absolute atomic E-state index is 12.5. The van der Waals surface area contributed by atoms with E-state index in [-0.39, 0.29) is 11.6 Å². The minimum absolute atomic E-state index is 0.174. The maximum Gasteiger partial charge on any atom is 0.340 e. The zero-order chi connectivity index (χ0) is 13.8. The second-order valence-electron chi connectivity index (χ2n) is 2.98. The van der Waals surface area contributed by atoms with Gasteiger partial charge in [0.2, 0.25) is 5.17 Å². The standard InChI is InChI=1S/C8H6ClF4N3O2/c9-5(16-17)6-14-1-4(2-15-6)18-3-8(12,13)7(10)11/h1-2,7,17H,3H2. The van der Waals surface area contributed by atoms with Gasteiger partial charge in [0.25, 0.3) is 0 Å². The molecule has 10 heteroatoms. The summed E-state index contributed by atoms with van der Waals surface area (Å²) in [6, 6.07) is 0. The largest absolute Gasteiger partial charge is 0.484 e. The Morgan fingerprint density at radius 1 is 1.44 bits per heavy atom. The highest BCUT2D eigenvalue weighted by Gasteiger charge is 2.41. The molecule has 100 valence electrons. The Morgan fingerprint density at radius 2 is 2.00 bits per heavy atom. The van der Waals surface area contributed by atoms with Gasteiger partial charge in [0.1, 0.15) is 0 Å². The molecule has 0 aliphatic carbocycles. The van der Waals surface area contributed by atoms with E-state index in [1.807, 2.05) is 0 Å². The second-order valence-corrected chi connectivity index (χ2v) is 3.34. The molecular weight excluding hydrogens is 282 g/mol. The van der Waals surface area contributed by atoms with E-state index >= 15 is 0 Å². The Hall–Kier alpha value is -1.64. The minimum Gasteiger partial charge on any atom is -0.484 e. The molecule has 0 bridgehead atoms. The second kappa shape index (κ2) is 5.80. The Morgan fingerprint density at radius 3 is 2.44 bits per heavy atom. The molecule has 0 aliphatic rings. The van der Waals surface area contributed by atoms with Crippen LogP contribution in [0.2, 0.25) is 0 Å². The lowest BCUT2D eigenvalue weighted by molar-refractivity contribution is -0.148. The Kier molecular flexibility index (Phi) is 4.65. The van der Waals surface area contributed by atoms with E-state index in [4.69, 9.17) is 16.8 Å². The molecule has 0 aromatic carbocycles. The molecule has 1 aromatic rings. The van der Waals surface area contributed by atoms with Crippen molar-refractivity contribution in [1.82, 2.24) is 9.97 Å². The highest BCUT2D eigenvalue weighted by Crippen LogP contribution is 2.23. The highest BCUT2D eigenvalue weighted by molar-refractivity contribution is 6.68. The molecule has 1 rings (SSSR count). The first kappa shape index (κ1) is 14.4. The lowest BCUT2D eigenvalue weighted by Crippen LogP contribution is -2.33. The molecule has 18 heavy (non-hydrogen) atoms. The minimum atomic E-state index is -4.26. The van der Waals surface area contributed by atoms with Crippen molar-refractivity contribution in [3.8, 4) is 5.75 Å². The van der Waals surface area contributed by atoms with Crippen molar-refractivity contribution in [1.29, 1.82) is 0 Å². The van der Waals surface area contributed by atoms with Gasteiger partial charge in [-0.1, -0.05) is 16.8 Å². The van der Waals surface area contributed by atoms with Gasteiger partial charge in [-0.3, -0.25) is 0 Å². The fourth-order valence-electron chi connectivity index (χ4n) is 0.785. The topological polar surface area (TPSA) is 67.6 Å². The van der Waals surface area contributed by atoms with Crippen molar-refractivity contribution < 1.29 is 27.5 Å². The fraction of sp³-hybridized carbons (Fsp3) is 0.375. The van der Waals surface area contributed by atoms with Crippen molar-refractivity contribution in [3.05, 3.63) is 18.2 Å². The number of nitrogens with zero attached hydrogens (tertiary/aromatic N) is 3. The third kappa shape index (κ3) is 3.69. The molecule has 1 aromatic heterocycles. The smallest absolute Gasteiger partial charge is 0.340 e. The fourth-order valence-corrected chi connectivity index (χ4v) is 0.882. The normalized spacial score (nSPS) is 12.9. The average molecular weight is 288 g/mol. The molecule has 0 saturated heterocycles. The predicted molar refractivity (Wildman–Crippen MR) is 52.7 cm³/mol. The number of ether oxygens (including phenoxy) is 1. The zero-order valence-electron chi connectivity index (χ0n) is 8.53. The Balaban J connectivity index is 2.65. The Bertz CT molecular complexity index is 427. The van der Waals surface area contributed by atoms with Crippen LogP contribution in [0.25, 0.3) is 0 Å².